The predicted molar refractivity (Wildman–Crippen MR) is 103 cm³/mol. The number of para-hydroxylation sites is 2. The third-order valence-corrected chi connectivity index (χ3v) is 4.35. The van der Waals surface area contributed by atoms with E-state index in [0.29, 0.717) is 0 Å². The molecular formula is C21H18BrN. The second kappa shape index (κ2) is 6.84. The Kier molecular flexibility index (Phi) is 4.63. The Labute approximate surface area is 146 Å². The summed E-state index contributed by atoms with van der Waals surface area (Å²) in [6.07, 6.45) is 0. The summed E-state index contributed by atoms with van der Waals surface area (Å²) in [5.74, 6) is 0. The maximum Gasteiger partial charge on any atom is 0.0490 e. The van der Waals surface area contributed by atoms with Gasteiger partial charge in [-0.25, -0.2) is 0 Å². The van der Waals surface area contributed by atoms with E-state index in [1.165, 1.54) is 5.56 Å². The Bertz CT molecular complexity index is 807. The Balaban J connectivity index is 2.11. The second-order valence-corrected chi connectivity index (χ2v) is 6.33. The molecule has 0 heterocycles. The summed E-state index contributed by atoms with van der Waals surface area (Å²) in [5.41, 5.74) is 5.52. The molecule has 0 aromatic heterocycles. The molecule has 2 heteroatoms. The smallest absolute Gasteiger partial charge is 0.0490 e. The van der Waals surface area contributed by atoms with Gasteiger partial charge in [0.25, 0.3) is 0 Å². The van der Waals surface area contributed by atoms with Crippen molar-refractivity contribution in [3.8, 4) is 0 Å². The molecule has 3 rings (SSSR count). The molecule has 0 atom stereocenters. The molecule has 1 nitrogen and oxygen atoms in total. The largest absolute Gasteiger partial charge is 0.310 e. The van der Waals surface area contributed by atoms with Crippen molar-refractivity contribution in [1.29, 1.82) is 0 Å². The van der Waals surface area contributed by atoms with Crippen molar-refractivity contribution >= 4 is 33.0 Å². The van der Waals surface area contributed by atoms with Crippen LogP contribution in [0.3, 0.4) is 0 Å². The molecule has 3 aromatic rings. The van der Waals surface area contributed by atoms with Crippen LogP contribution in [0.1, 0.15) is 11.1 Å². The first-order chi connectivity index (χ1) is 11.2. The topological polar surface area (TPSA) is 3.24 Å². The number of nitrogens with zero attached hydrogens (tertiary/aromatic N) is 1. The fourth-order valence-electron chi connectivity index (χ4n) is 2.60. The predicted octanol–water partition coefficient (Wildman–Crippen LogP) is 6.57. The lowest BCUT2D eigenvalue weighted by Gasteiger charge is -2.28. The molecule has 23 heavy (non-hydrogen) atoms. The van der Waals surface area contributed by atoms with E-state index in [9.17, 15) is 0 Å². The van der Waals surface area contributed by atoms with E-state index in [1.807, 2.05) is 18.2 Å². The van der Waals surface area contributed by atoms with Gasteiger partial charge < -0.3 is 4.90 Å². The standard InChI is InChI=1S/C21H18BrN/c1-16-8-6-7-11-21(16)23(20-9-4-3-5-10-20)17(2)18-12-14-19(22)15-13-18/h3-15H,2H2,1H3. The maximum atomic E-state index is 4.36. The van der Waals surface area contributed by atoms with Crippen LogP contribution in [-0.2, 0) is 0 Å². The van der Waals surface area contributed by atoms with Crippen LogP contribution >= 0.6 is 15.9 Å². The average Bonchev–Trinajstić information content (AvgIpc) is 2.58. The van der Waals surface area contributed by atoms with Gasteiger partial charge in [-0.3, -0.25) is 0 Å². The van der Waals surface area contributed by atoms with Crippen LogP contribution in [0.4, 0.5) is 11.4 Å². The minimum absolute atomic E-state index is 0.956. The van der Waals surface area contributed by atoms with Crippen LogP contribution in [0.5, 0.6) is 0 Å². The molecule has 0 radical (unpaired) electrons. The van der Waals surface area contributed by atoms with Crippen LogP contribution in [0.25, 0.3) is 5.70 Å². The van der Waals surface area contributed by atoms with Crippen LogP contribution in [0, 0.1) is 6.92 Å². The molecule has 0 aliphatic carbocycles. The summed E-state index contributed by atoms with van der Waals surface area (Å²) in [5, 5.41) is 0. The first-order valence-electron chi connectivity index (χ1n) is 7.52. The minimum Gasteiger partial charge on any atom is -0.310 e. The summed E-state index contributed by atoms with van der Waals surface area (Å²) in [6.45, 7) is 6.48. The van der Waals surface area contributed by atoms with Gasteiger partial charge in [0.05, 0.1) is 0 Å². The zero-order chi connectivity index (χ0) is 16.2. The van der Waals surface area contributed by atoms with Gasteiger partial charge in [-0.15, -0.1) is 0 Å². The number of hydrogen-bond donors (Lipinski definition) is 0. The molecule has 114 valence electrons. The van der Waals surface area contributed by atoms with E-state index in [4.69, 9.17) is 0 Å². The summed E-state index contributed by atoms with van der Waals surface area (Å²) >= 11 is 3.49. The molecule has 0 saturated heterocycles. The van der Waals surface area contributed by atoms with Gasteiger partial charge in [0.1, 0.15) is 0 Å². The summed E-state index contributed by atoms with van der Waals surface area (Å²) in [6, 6.07) is 27.0. The van der Waals surface area contributed by atoms with Gasteiger partial charge >= 0.3 is 0 Å². The van der Waals surface area contributed by atoms with Crippen LogP contribution in [0.15, 0.2) is 89.9 Å². The SMILES string of the molecule is C=C(c1ccc(Br)cc1)N(c1ccccc1)c1ccccc1C. The van der Waals surface area contributed by atoms with E-state index < -0.39 is 0 Å². The average molecular weight is 364 g/mol. The third-order valence-electron chi connectivity index (χ3n) is 3.82. The van der Waals surface area contributed by atoms with E-state index in [0.717, 1.165) is 27.1 Å². The van der Waals surface area contributed by atoms with Gasteiger partial charge in [-0.2, -0.15) is 0 Å². The molecule has 0 amide bonds. The van der Waals surface area contributed by atoms with Gasteiger partial charge in [0, 0.05) is 21.5 Å². The van der Waals surface area contributed by atoms with Crippen LogP contribution < -0.4 is 4.90 Å². The quantitative estimate of drug-likeness (QED) is 0.506. The van der Waals surface area contributed by atoms with Crippen molar-refractivity contribution in [2.45, 2.75) is 6.92 Å². The zero-order valence-corrected chi connectivity index (χ0v) is 14.6. The van der Waals surface area contributed by atoms with Crippen molar-refractivity contribution in [3.63, 3.8) is 0 Å². The molecule has 0 aliphatic rings. The van der Waals surface area contributed by atoms with Crippen molar-refractivity contribution in [3.05, 3.63) is 101 Å². The Morgan fingerprint density at radius 3 is 2.09 bits per heavy atom. The molecule has 0 fully saturated rings. The summed E-state index contributed by atoms with van der Waals surface area (Å²) < 4.78 is 1.07. The Hall–Kier alpha value is -2.32. The highest BCUT2D eigenvalue weighted by Crippen LogP contribution is 2.35. The number of rotatable bonds is 4. The third kappa shape index (κ3) is 3.38. The lowest BCUT2D eigenvalue weighted by molar-refractivity contribution is 1.26. The number of halogens is 1. The highest BCUT2D eigenvalue weighted by atomic mass is 79.9. The Morgan fingerprint density at radius 2 is 1.43 bits per heavy atom. The molecular weight excluding hydrogens is 346 g/mol. The van der Waals surface area contributed by atoms with Gasteiger partial charge in [0.15, 0.2) is 0 Å². The van der Waals surface area contributed by atoms with E-state index >= 15 is 0 Å². The zero-order valence-electron chi connectivity index (χ0n) is 13.0. The normalized spacial score (nSPS) is 10.3. The van der Waals surface area contributed by atoms with Crippen molar-refractivity contribution in [2.75, 3.05) is 4.90 Å². The highest BCUT2D eigenvalue weighted by molar-refractivity contribution is 9.10. The molecule has 0 spiro atoms. The number of aryl methyl sites for hydroxylation is 1. The highest BCUT2D eigenvalue weighted by Gasteiger charge is 2.16. The van der Waals surface area contributed by atoms with E-state index in [1.54, 1.807) is 0 Å². The van der Waals surface area contributed by atoms with E-state index in [-0.39, 0.29) is 0 Å². The molecule has 0 bridgehead atoms. The minimum atomic E-state index is 0.956. The molecule has 3 aromatic carbocycles. The van der Waals surface area contributed by atoms with Gasteiger partial charge in [-0.1, -0.05) is 71.0 Å². The van der Waals surface area contributed by atoms with Crippen LogP contribution in [-0.4, -0.2) is 0 Å². The molecule has 0 aliphatic heterocycles. The lowest BCUT2D eigenvalue weighted by Crippen LogP contribution is -2.15. The van der Waals surface area contributed by atoms with Gasteiger partial charge in [-0.05, 0) is 48.4 Å². The van der Waals surface area contributed by atoms with Gasteiger partial charge in [0.2, 0.25) is 0 Å². The van der Waals surface area contributed by atoms with Crippen LogP contribution in [0.2, 0.25) is 0 Å². The second-order valence-electron chi connectivity index (χ2n) is 5.41. The molecule has 0 saturated carbocycles. The first-order valence-corrected chi connectivity index (χ1v) is 8.32. The number of benzene rings is 3. The lowest BCUT2D eigenvalue weighted by atomic mass is 10.1. The molecule has 0 N–H and O–H groups in total. The number of anilines is 2. The molecule has 0 unspecified atom stereocenters. The first kappa shape index (κ1) is 15.6. The monoisotopic (exact) mass is 363 g/mol. The van der Waals surface area contributed by atoms with Crippen molar-refractivity contribution in [1.82, 2.24) is 0 Å². The number of hydrogen-bond acceptors (Lipinski definition) is 1. The fraction of sp³-hybridized carbons (Fsp3) is 0.0476. The summed E-state index contributed by atoms with van der Waals surface area (Å²) in [4.78, 5) is 2.21. The van der Waals surface area contributed by atoms with Crippen molar-refractivity contribution < 1.29 is 0 Å². The maximum absolute atomic E-state index is 4.36. The fourth-order valence-corrected chi connectivity index (χ4v) is 2.87. The van der Waals surface area contributed by atoms with Crippen molar-refractivity contribution in [2.24, 2.45) is 0 Å². The Morgan fingerprint density at radius 1 is 0.826 bits per heavy atom. The summed E-state index contributed by atoms with van der Waals surface area (Å²) in [7, 11) is 0. The van der Waals surface area contributed by atoms with E-state index in [2.05, 4.69) is 95.0 Å².